The summed E-state index contributed by atoms with van der Waals surface area (Å²) in [5.41, 5.74) is 7.81. The van der Waals surface area contributed by atoms with E-state index in [1.165, 1.54) is 0 Å². The van der Waals surface area contributed by atoms with Crippen molar-refractivity contribution >= 4 is 11.7 Å². The number of nitrogens with two attached hydrogens (primary N) is 1. The van der Waals surface area contributed by atoms with E-state index in [4.69, 9.17) is 15.6 Å². The number of piperidine rings is 1. The molecule has 1 atom stereocenters. The third kappa shape index (κ3) is 4.33. The molecule has 1 unspecified atom stereocenters. The number of likely N-dealkylation sites (tertiary alicyclic amines) is 1. The van der Waals surface area contributed by atoms with Crippen LogP contribution in [0.15, 0.2) is 54.6 Å². The van der Waals surface area contributed by atoms with Gasteiger partial charge >= 0.3 is 0 Å². The van der Waals surface area contributed by atoms with Crippen LogP contribution in [0.4, 0.5) is 5.82 Å². The van der Waals surface area contributed by atoms with Crippen molar-refractivity contribution in [3.05, 3.63) is 60.2 Å². The molecule has 33 heavy (non-hydrogen) atoms. The number of carbonyl (C=O) groups is 1. The van der Waals surface area contributed by atoms with E-state index < -0.39 is 5.91 Å². The summed E-state index contributed by atoms with van der Waals surface area (Å²) in [6.07, 6.45) is 3.32. The van der Waals surface area contributed by atoms with Gasteiger partial charge in [-0.2, -0.15) is 5.10 Å². The summed E-state index contributed by atoms with van der Waals surface area (Å²) in [6, 6.07) is 17.6. The van der Waals surface area contributed by atoms with E-state index in [0.717, 1.165) is 68.3 Å². The second kappa shape index (κ2) is 9.27. The quantitative estimate of drug-likeness (QED) is 0.582. The average molecular weight is 446 g/mol. The number of aromatic nitrogens is 2. The number of anilines is 1. The molecule has 1 amide bonds. The van der Waals surface area contributed by atoms with Crippen molar-refractivity contribution in [3.63, 3.8) is 0 Å². The third-order valence-electron chi connectivity index (χ3n) is 6.93. The standard InChI is InChI=1S/C26H31N5O2/c1-2-30-16-13-18(14-17-30)22-12-15-28-26-23(25(27)32)24(29-31(22)26)19-8-10-21(11-9-19)33-20-6-4-3-5-7-20/h3-11,18,22,28H,2,12-17H2,1H3,(H2,27,32). The summed E-state index contributed by atoms with van der Waals surface area (Å²) in [4.78, 5) is 15.0. The summed E-state index contributed by atoms with van der Waals surface area (Å²) < 4.78 is 7.95. The van der Waals surface area contributed by atoms with Crippen LogP contribution >= 0.6 is 0 Å². The lowest BCUT2D eigenvalue weighted by Crippen LogP contribution is -2.38. The highest BCUT2D eigenvalue weighted by atomic mass is 16.5. The highest BCUT2D eigenvalue weighted by Gasteiger charge is 2.35. The Hall–Kier alpha value is -3.32. The van der Waals surface area contributed by atoms with Crippen LogP contribution in [0.1, 0.15) is 42.6 Å². The number of hydrogen-bond acceptors (Lipinski definition) is 5. The van der Waals surface area contributed by atoms with Crippen LogP contribution in [0.5, 0.6) is 11.5 Å². The molecule has 3 N–H and O–H groups in total. The first-order valence-electron chi connectivity index (χ1n) is 11.9. The minimum atomic E-state index is -0.454. The van der Waals surface area contributed by atoms with Crippen LogP contribution < -0.4 is 15.8 Å². The van der Waals surface area contributed by atoms with E-state index >= 15 is 0 Å². The Morgan fingerprint density at radius 2 is 1.76 bits per heavy atom. The zero-order chi connectivity index (χ0) is 22.8. The first kappa shape index (κ1) is 21.5. The van der Waals surface area contributed by atoms with Crippen LogP contribution in [0.3, 0.4) is 0 Å². The zero-order valence-corrected chi connectivity index (χ0v) is 19.0. The van der Waals surface area contributed by atoms with Crippen molar-refractivity contribution in [3.8, 4) is 22.8 Å². The van der Waals surface area contributed by atoms with E-state index in [2.05, 4.69) is 17.1 Å². The van der Waals surface area contributed by atoms with E-state index in [1.807, 2.05) is 59.3 Å². The number of ether oxygens (including phenoxy) is 1. The van der Waals surface area contributed by atoms with Gasteiger partial charge in [-0.15, -0.1) is 0 Å². The molecule has 0 radical (unpaired) electrons. The van der Waals surface area contributed by atoms with Crippen LogP contribution in [0.2, 0.25) is 0 Å². The second-order valence-corrected chi connectivity index (χ2v) is 8.88. The van der Waals surface area contributed by atoms with Crippen molar-refractivity contribution in [2.24, 2.45) is 11.7 Å². The van der Waals surface area contributed by atoms with Crippen molar-refractivity contribution in [1.29, 1.82) is 0 Å². The number of rotatable bonds is 6. The van der Waals surface area contributed by atoms with E-state index in [0.29, 0.717) is 17.2 Å². The number of benzene rings is 2. The molecule has 2 aliphatic heterocycles. The molecule has 7 nitrogen and oxygen atoms in total. The fourth-order valence-electron chi connectivity index (χ4n) is 5.13. The summed E-state index contributed by atoms with van der Waals surface area (Å²) in [6.45, 7) is 6.40. The molecule has 3 heterocycles. The Bertz CT molecular complexity index is 1100. The fraction of sp³-hybridized carbons (Fsp3) is 0.385. The summed E-state index contributed by atoms with van der Waals surface area (Å²) >= 11 is 0. The molecule has 1 aromatic heterocycles. The number of nitrogens with one attached hydrogen (secondary N) is 1. The molecule has 2 aromatic carbocycles. The van der Waals surface area contributed by atoms with Gasteiger partial charge in [0.05, 0.1) is 6.04 Å². The molecule has 1 saturated heterocycles. The minimum absolute atomic E-state index is 0.285. The Morgan fingerprint density at radius 3 is 2.42 bits per heavy atom. The Balaban J connectivity index is 1.44. The molecule has 172 valence electrons. The molecule has 7 heteroatoms. The molecule has 2 aliphatic rings. The minimum Gasteiger partial charge on any atom is -0.457 e. The molecule has 0 saturated carbocycles. The van der Waals surface area contributed by atoms with Gasteiger partial charge in [-0.25, -0.2) is 4.68 Å². The van der Waals surface area contributed by atoms with Crippen molar-refractivity contribution in [2.75, 3.05) is 31.5 Å². The lowest BCUT2D eigenvalue weighted by Gasteiger charge is -2.38. The van der Waals surface area contributed by atoms with Gasteiger partial charge in [0.1, 0.15) is 28.6 Å². The molecule has 5 rings (SSSR count). The molecule has 3 aromatic rings. The number of carbonyl (C=O) groups excluding carboxylic acids is 1. The van der Waals surface area contributed by atoms with Gasteiger partial charge in [0.15, 0.2) is 0 Å². The maximum absolute atomic E-state index is 12.5. The van der Waals surface area contributed by atoms with Crippen LogP contribution in [0.25, 0.3) is 11.3 Å². The highest BCUT2D eigenvalue weighted by Crippen LogP contribution is 2.40. The van der Waals surface area contributed by atoms with Gasteiger partial charge < -0.3 is 20.7 Å². The largest absolute Gasteiger partial charge is 0.457 e. The Kier molecular flexibility index (Phi) is 6.05. The SMILES string of the molecule is CCN1CCC(C2CCNc3c(C(N)=O)c(-c4ccc(Oc5ccccc5)cc4)nn32)CC1. The van der Waals surface area contributed by atoms with Crippen LogP contribution in [-0.4, -0.2) is 46.8 Å². The first-order valence-corrected chi connectivity index (χ1v) is 11.9. The van der Waals surface area contributed by atoms with Gasteiger partial charge in [0.2, 0.25) is 0 Å². The summed E-state index contributed by atoms with van der Waals surface area (Å²) in [7, 11) is 0. The predicted molar refractivity (Wildman–Crippen MR) is 130 cm³/mol. The first-order chi connectivity index (χ1) is 16.1. The predicted octanol–water partition coefficient (Wildman–Crippen LogP) is 4.53. The van der Waals surface area contributed by atoms with Gasteiger partial charge in [-0.05, 0) is 81.2 Å². The summed E-state index contributed by atoms with van der Waals surface area (Å²) in [5, 5.41) is 8.35. The maximum atomic E-state index is 12.5. The number of amides is 1. The van der Waals surface area contributed by atoms with Crippen molar-refractivity contribution < 1.29 is 9.53 Å². The lowest BCUT2D eigenvalue weighted by molar-refractivity contribution is 0.100. The fourth-order valence-corrected chi connectivity index (χ4v) is 5.13. The number of para-hydroxylation sites is 1. The van der Waals surface area contributed by atoms with E-state index in [9.17, 15) is 4.79 Å². The molecule has 0 bridgehead atoms. The topological polar surface area (TPSA) is 85.4 Å². The van der Waals surface area contributed by atoms with Crippen molar-refractivity contribution in [1.82, 2.24) is 14.7 Å². The summed E-state index contributed by atoms with van der Waals surface area (Å²) in [5.74, 6) is 2.37. The van der Waals surface area contributed by atoms with Crippen molar-refractivity contribution in [2.45, 2.75) is 32.2 Å². The van der Waals surface area contributed by atoms with Gasteiger partial charge in [-0.1, -0.05) is 25.1 Å². The molecule has 0 spiro atoms. The normalized spacial score (nSPS) is 19.0. The number of primary amides is 1. The zero-order valence-electron chi connectivity index (χ0n) is 19.0. The van der Waals surface area contributed by atoms with Crippen LogP contribution in [-0.2, 0) is 0 Å². The lowest BCUT2D eigenvalue weighted by atomic mass is 9.87. The maximum Gasteiger partial charge on any atom is 0.254 e. The number of hydrogen-bond donors (Lipinski definition) is 2. The third-order valence-corrected chi connectivity index (χ3v) is 6.93. The smallest absolute Gasteiger partial charge is 0.254 e. The van der Waals surface area contributed by atoms with E-state index in [-0.39, 0.29) is 6.04 Å². The molecular formula is C26H31N5O2. The average Bonchev–Trinajstić information content (AvgIpc) is 3.25. The van der Waals surface area contributed by atoms with Gasteiger partial charge in [0.25, 0.3) is 5.91 Å². The molecule has 1 fully saturated rings. The molecule has 0 aliphatic carbocycles. The second-order valence-electron chi connectivity index (χ2n) is 8.88. The molecular weight excluding hydrogens is 414 g/mol. The Morgan fingerprint density at radius 1 is 1.06 bits per heavy atom. The number of fused-ring (bicyclic) bond motifs is 1. The number of nitrogens with zero attached hydrogens (tertiary/aromatic N) is 3. The van der Waals surface area contributed by atoms with Crippen LogP contribution in [0, 0.1) is 5.92 Å². The highest BCUT2D eigenvalue weighted by molar-refractivity contribution is 6.03. The van der Waals surface area contributed by atoms with Gasteiger partial charge in [0, 0.05) is 12.1 Å². The monoisotopic (exact) mass is 445 g/mol. The Labute approximate surface area is 194 Å². The van der Waals surface area contributed by atoms with Gasteiger partial charge in [-0.3, -0.25) is 4.79 Å². The van der Waals surface area contributed by atoms with E-state index in [1.54, 1.807) is 0 Å².